The smallest absolute Gasteiger partial charge is 0.407 e. The van der Waals surface area contributed by atoms with Crippen molar-refractivity contribution in [3.05, 3.63) is 27.8 Å². The largest absolute Gasteiger partial charge is 0.493 e. The molecule has 0 amide bonds. The molecule has 0 aliphatic carbocycles. The van der Waals surface area contributed by atoms with E-state index in [1.165, 1.54) is 14.2 Å². The van der Waals surface area contributed by atoms with E-state index in [0.717, 1.165) is 12.1 Å². The van der Waals surface area contributed by atoms with Crippen molar-refractivity contribution in [1.82, 2.24) is 0 Å². The SMILES string of the molecule is COc1cc([C@H](N)C(F)(F)F)c([N+](=O)[O-])cc1OC.Cl. The number of alkyl halides is 3. The van der Waals surface area contributed by atoms with Gasteiger partial charge < -0.3 is 15.2 Å². The van der Waals surface area contributed by atoms with Crippen molar-refractivity contribution in [2.45, 2.75) is 12.2 Å². The van der Waals surface area contributed by atoms with E-state index < -0.39 is 28.4 Å². The molecule has 2 N–H and O–H groups in total. The maximum Gasteiger partial charge on any atom is 0.407 e. The van der Waals surface area contributed by atoms with Gasteiger partial charge in [-0.05, 0) is 6.07 Å². The van der Waals surface area contributed by atoms with Gasteiger partial charge in [-0.25, -0.2) is 0 Å². The fraction of sp³-hybridized carbons (Fsp3) is 0.400. The summed E-state index contributed by atoms with van der Waals surface area (Å²) < 4.78 is 47.3. The Bertz CT molecular complexity index is 496. The van der Waals surface area contributed by atoms with E-state index in [1.807, 2.05) is 0 Å². The minimum Gasteiger partial charge on any atom is -0.493 e. The number of nitro benzene ring substituents is 1. The Labute approximate surface area is 118 Å². The van der Waals surface area contributed by atoms with Gasteiger partial charge in [-0.3, -0.25) is 10.1 Å². The maximum atomic E-state index is 12.6. The number of rotatable bonds is 4. The van der Waals surface area contributed by atoms with Gasteiger partial charge in [0.25, 0.3) is 5.69 Å². The maximum absolute atomic E-state index is 12.6. The first-order chi connectivity index (χ1) is 8.72. The quantitative estimate of drug-likeness (QED) is 0.681. The number of methoxy groups -OCH3 is 2. The molecular weight excluding hydrogens is 305 g/mol. The van der Waals surface area contributed by atoms with Crippen molar-refractivity contribution in [1.29, 1.82) is 0 Å². The summed E-state index contributed by atoms with van der Waals surface area (Å²) in [6, 6.07) is -0.776. The normalized spacial score (nSPS) is 12.3. The summed E-state index contributed by atoms with van der Waals surface area (Å²) in [5.74, 6) is -0.116. The number of halogens is 4. The lowest BCUT2D eigenvalue weighted by molar-refractivity contribution is -0.386. The van der Waals surface area contributed by atoms with Crippen LogP contribution in [0.3, 0.4) is 0 Å². The summed E-state index contributed by atoms with van der Waals surface area (Å²) in [5.41, 5.74) is 3.54. The molecule has 1 rings (SSSR count). The monoisotopic (exact) mass is 316 g/mol. The average molecular weight is 317 g/mol. The molecule has 1 aromatic rings. The van der Waals surface area contributed by atoms with Crippen molar-refractivity contribution in [2.24, 2.45) is 5.73 Å². The molecule has 0 fully saturated rings. The topological polar surface area (TPSA) is 87.6 Å². The molecule has 20 heavy (non-hydrogen) atoms. The fourth-order valence-corrected chi connectivity index (χ4v) is 1.47. The second-order valence-corrected chi connectivity index (χ2v) is 3.54. The van der Waals surface area contributed by atoms with Crippen LogP contribution in [0.1, 0.15) is 11.6 Å². The standard InChI is InChI=1S/C10H11F3N2O4.ClH/c1-18-7-3-5(9(14)10(11,12)13)6(15(16)17)4-8(7)19-2;/h3-4,9H,14H2,1-2H3;1H/t9-;/m0./s1. The zero-order valence-electron chi connectivity index (χ0n) is 10.4. The molecule has 6 nitrogen and oxygen atoms in total. The third-order valence-corrected chi connectivity index (χ3v) is 2.42. The van der Waals surface area contributed by atoms with Crippen LogP contribution in [-0.2, 0) is 0 Å². The lowest BCUT2D eigenvalue weighted by atomic mass is 10.0. The molecule has 0 saturated carbocycles. The zero-order chi connectivity index (χ0) is 14.8. The average Bonchev–Trinajstić information content (AvgIpc) is 2.34. The number of nitro groups is 1. The number of nitrogens with two attached hydrogens (primary N) is 1. The summed E-state index contributed by atoms with van der Waals surface area (Å²) in [7, 11) is 2.41. The van der Waals surface area contributed by atoms with Crippen LogP contribution < -0.4 is 15.2 Å². The second kappa shape index (κ2) is 6.62. The van der Waals surface area contributed by atoms with Gasteiger partial charge in [-0.2, -0.15) is 13.2 Å². The number of hydrogen-bond donors (Lipinski definition) is 1. The van der Waals surface area contributed by atoms with Gasteiger partial charge in [-0.15, -0.1) is 12.4 Å². The van der Waals surface area contributed by atoms with Crippen molar-refractivity contribution in [3.8, 4) is 11.5 Å². The molecule has 0 aliphatic heterocycles. The highest BCUT2D eigenvalue weighted by Crippen LogP contribution is 2.41. The minimum absolute atomic E-state index is 0. The Hall–Kier alpha value is -1.74. The zero-order valence-corrected chi connectivity index (χ0v) is 11.2. The fourth-order valence-electron chi connectivity index (χ4n) is 1.47. The van der Waals surface area contributed by atoms with Crippen LogP contribution in [0, 0.1) is 10.1 Å². The van der Waals surface area contributed by atoms with Crippen LogP contribution in [0.25, 0.3) is 0 Å². The molecule has 0 radical (unpaired) electrons. The van der Waals surface area contributed by atoms with Crippen LogP contribution in [0.4, 0.5) is 18.9 Å². The van der Waals surface area contributed by atoms with Gasteiger partial charge in [-0.1, -0.05) is 0 Å². The molecule has 0 unspecified atom stereocenters. The van der Waals surface area contributed by atoms with Gasteiger partial charge in [0.05, 0.1) is 30.8 Å². The molecule has 0 aliphatic rings. The third-order valence-electron chi connectivity index (χ3n) is 2.42. The number of benzene rings is 1. The van der Waals surface area contributed by atoms with Crippen LogP contribution in [0.2, 0.25) is 0 Å². The lowest BCUT2D eigenvalue weighted by Gasteiger charge is -2.17. The van der Waals surface area contributed by atoms with E-state index in [2.05, 4.69) is 0 Å². The van der Waals surface area contributed by atoms with Gasteiger partial charge in [0, 0.05) is 0 Å². The number of hydrogen-bond acceptors (Lipinski definition) is 5. The van der Waals surface area contributed by atoms with Crippen LogP contribution >= 0.6 is 12.4 Å². The first-order valence-electron chi connectivity index (χ1n) is 4.95. The van der Waals surface area contributed by atoms with Crippen LogP contribution in [0.5, 0.6) is 11.5 Å². The molecule has 0 heterocycles. The Kier molecular flexibility index (Phi) is 6.04. The van der Waals surface area contributed by atoms with Gasteiger partial charge in [0.15, 0.2) is 11.5 Å². The highest BCUT2D eigenvalue weighted by Gasteiger charge is 2.42. The number of ether oxygens (including phenoxy) is 2. The minimum atomic E-state index is -4.80. The second-order valence-electron chi connectivity index (χ2n) is 3.54. The first-order valence-corrected chi connectivity index (χ1v) is 4.95. The summed E-state index contributed by atoms with van der Waals surface area (Å²) in [6.07, 6.45) is -4.80. The van der Waals surface area contributed by atoms with E-state index in [0.29, 0.717) is 0 Å². The van der Waals surface area contributed by atoms with Crippen LogP contribution in [-0.4, -0.2) is 25.3 Å². The molecule has 1 atom stereocenters. The van der Waals surface area contributed by atoms with Crippen molar-refractivity contribution in [3.63, 3.8) is 0 Å². The Morgan fingerprint density at radius 1 is 1.25 bits per heavy atom. The third kappa shape index (κ3) is 3.64. The van der Waals surface area contributed by atoms with E-state index in [1.54, 1.807) is 0 Å². The molecule has 0 saturated heterocycles. The summed E-state index contributed by atoms with van der Waals surface area (Å²) in [5, 5.41) is 10.8. The summed E-state index contributed by atoms with van der Waals surface area (Å²) in [6.45, 7) is 0. The molecule has 0 bridgehead atoms. The van der Waals surface area contributed by atoms with Gasteiger partial charge in [0.2, 0.25) is 0 Å². The number of nitrogens with zero attached hydrogens (tertiary/aromatic N) is 1. The Balaban J connectivity index is 0.00000361. The Morgan fingerprint density at radius 3 is 2.05 bits per heavy atom. The van der Waals surface area contributed by atoms with E-state index >= 15 is 0 Å². The van der Waals surface area contributed by atoms with Crippen molar-refractivity contribution in [2.75, 3.05) is 14.2 Å². The first kappa shape index (κ1) is 18.3. The molecular formula is C10H12ClF3N2O4. The molecule has 1 aromatic carbocycles. The molecule has 0 aromatic heterocycles. The van der Waals surface area contributed by atoms with Gasteiger partial charge in [0.1, 0.15) is 6.04 Å². The summed E-state index contributed by atoms with van der Waals surface area (Å²) >= 11 is 0. The van der Waals surface area contributed by atoms with E-state index in [-0.39, 0.29) is 23.9 Å². The van der Waals surface area contributed by atoms with E-state index in [9.17, 15) is 23.3 Å². The van der Waals surface area contributed by atoms with Crippen molar-refractivity contribution < 1.29 is 27.6 Å². The summed E-state index contributed by atoms with van der Waals surface area (Å²) in [4.78, 5) is 9.85. The van der Waals surface area contributed by atoms with Crippen LogP contribution in [0.15, 0.2) is 12.1 Å². The highest BCUT2D eigenvalue weighted by atomic mass is 35.5. The molecule has 114 valence electrons. The lowest BCUT2D eigenvalue weighted by Crippen LogP contribution is -2.29. The Morgan fingerprint density at radius 2 is 1.70 bits per heavy atom. The van der Waals surface area contributed by atoms with Gasteiger partial charge >= 0.3 is 6.18 Å². The molecule has 10 heteroatoms. The predicted octanol–water partition coefficient (Wildman–Crippen LogP) is 2.60. The van der Waals surface area contributed by atoms with E-state index in [4.69, 9.17) is 15.2 Å². The predicted molar refractivity (Wildman–Crippen MR) is 66.4 cm³/mol. The highest BCUT2D eigenvalue weighted by molar-refractivity contribution is 5.85. The van der Waals surface area contributed by atoms with Crippen molar-refractivity contribution >= 4 is 18.1 Å². The molecule has 0 spiro atoms.